The molecule has 7 rings (SSSR count). The number of hydrogen-bond donors (Lipinski definition) is 3. The third-order valence-electron chi connectivity index (χ3n) is 9.81. The number of amides is 1. The van der Waals surface area contributed by atoms with Crippen LogP contribution in [0.5, 0.6) is 5.75 Å². The standard InChI is InChI=1S/C37H40N4O8/c1-18(2)28(43)25(42)16-20-13-11-19-12-14-26-22(15-19)37(21-9-7-8-10-23(21)39-35(37)48-26)30-27(32-38-24(17-47-32)34(45)46-6)40-33(49-30)29(36(3,4)5)41-31(20)44/h7-10,12,14-15,17-18,20,28-29,35,39,43H,11,13,16H2,1-6H3,(H,41,44)/t20?,28-,29+,35-,37?/m0/s1. The van der Waals surface area contributed by atoms with E-state index in [0.717, 1.165) is 22.4 Å². The molecule has 2 aromatic heterocycles. The number of aryl methyl sites for hydroxylation is 1. The number of esters is 1. The lowest BCUT2D eigenvalue weighted by Crippen LogP contribution is -2.41. The molecular weight excluding hydrogens is 628 g/mol. The summed E-state index contributed by atoms with van der Waals surface area (Å²) in [6.07, 6.45) is 0.142. The number of carbonyl (C=O) groups excluding carboxylic acids is 3. The number of ketones is 1. The molecule has 12 nitrogen and oxygen atoms in total. The van der Waals surface area contributed by atoms with Gasteiger partial charge in [0.1, 0.15) is 29.6 Å². The number of anilines is 1. The average molecular weight is 669 g/mol. The maximum atomic E-state index is 14.2. The first-order valence-corrected chi connectivity index (χ1v) is 16.6. The van der Waals surface area contributed by atoms with Crippen LogP contribution in [-0.4, -0.2) is 52.2 Å². The van der Waals surface area contributed by atoms with E-state index < -0.39 is 41.1 Å². The van der Waals surface area contributed by atoms with Crippen molar-refractivity contribution < 1.29 is 37.8 Å². The minimum absolute atomic E-state index is 0.0322. The van der Waals surface area contributed by atoms with E-state index in [0.29, 0.717) is 24.4 Å². The fourth-order valence-electron chi connectivity index (χ4n) is 7.15. The molecule has 0 radical (unpaired) electrons. The molecule has 2 unspecified atom stereocenters. The van der Waals surface area contributed by atoms with Crippen LogP contribution in [0.4, 0.5) is 5.69 Å². The van der Waals surface area contributed by atoms with Crippen LogP contribution in [-0.2, 0) is 26.2 Å². The number of aliphatic hydroxyl groups is 1. The summed E-state index contributed by atoms with van der Waals surface area (Å²) in [6.45, 7) is 9.41. The largest absolute Gasteiger partial charge is 0.469 e. The third kappa shape index (κ3) is 5.29. The number of hydrogen-bond acceptors (Lipinski definition) is 11. The van der Waals surface area contributed by atoms with E-state index in [1.165, 1.54) is 13.4 Å². The van der Waals surface area contributed by atoms with Crippen molar-refractivity contribution in [2.75, 3.05) is 12.4 Å². The van der Waals surface area contributed by atoms with Gasteiger partial charge in [-0.15, -0.1) is 0 Å². The van der Waals surface area contributed by atoms with Gasteiger partial charge in [-0.25, -0.2) is 14.8 Å². The normalized spacial score (nSPS) is 23.2. The lowest BCUT2D eigenvalue weighted by atomic mass is 9.72. The molecule has 12 heteroatoms. The molecular formula is C37H40N4O8. The Balaban J connectivity index is 1.47. The number of oxazole rings is 2. The lowest BCUT2D eigenvalue weighted by molar-refractivity contribution is -0.135. The Labute approximate surface area is 283 Å². The van der Waals surface area contributed by atoms with Crippen molar-refractivity contribution in [1.82, 2.24) is 15.3 Å². The van der Waals surface area contributed by atoms with Gasteiger partial charge in [0, 0.05) is 23.6 Å². The highest BCUT2D eigenvalue weighted by atomic mass is 16.5. The van der Waals surface area contributed by atoms with Gasteiger partial charge in [0.15, 0.2) is 29.2 Å². The van der Waals surface area contributed by atoms with Crippen molar-refractivity contribution in [3.8, 4) is 17.3 Å². The average Bonchev–Trinajstić information content (AvgIpc) is 3.84. The van der Waals surface area contributed by atoms with Crippen LogP contribution in [0.2, 0.25) is 0 Å². The molecule has 0 fully saturated rings. The summed E-state index contributed by atoms with van der Waals surface area (Å²) in [5, 5.41) is 17.3. The molecule has 4 aromatic rings. The summed E-state index contributed by atoms with van der Waals surface area (Å²) < 4.78 is 24.2. The van der Waals surface area contributed by atoms with Gasteiger partial charge in [-0.3, -0.25) is 9.59 Å². The molecule has 5 heterocycles. The van der Waals surface area contributed by atoms with Crippen molar-refractivity contribution >= 4 is 23.3 Å². The van der Waals surface area contributed by atoms with Crippen molar-refractivity contribution in [2.45, 2.75) is 77.7 Å². The second kappa shape index (κ2) is 11.9. The fourth-order valence-corrected chi connectivity index (χ4v) is 7.15. The number of aliphatic hydroxyl groups excluding tert-OH is 1. The smallest absolute Gasteiger partial charge is 0.360 e. The van der Waals surface area contributed by atoms with Gasteiger partial charge < -0.3 is 34.0 Å². The number of carbonyl (C=O) groups is 3. The molecule has 0 saturated heterocycles. The molecule has 1 amide bonds. The molecule has 2 aromatic carbocycles. The van der Waals surface area contributed by atoms with E-state index in [1.807, 2.05) is 57.2 Å². The predicted octanol–water partition coefficient (Wildman–Crippen LogP) is 5.34. The molecule has 1 spiro atoms. The summed E-state index contributed by atoms with van der Waals surface area (Å²) in [4.78, 5) is 49.2. The number of para-hydroxylation sites is 1. The van der Waals surface area contributed by atoms with E-state index in [9.17, 15) is 19.5 Å². The van der Waals surface area contributed by atoms with E-state index >= 15 is 0 Å². The molecule has 0 saturated carbocycles. The SMILES string of the molecule is COC(=O)c1coc(-c2nc3oc2C24c5ccccc5N[C@H]2Oc2ccc(cc24)CCC(CC(=O)[C@@H](O)C(C)C)C(=O)N[C@H]3C(C)(C)C)n1. The maximum Gasteiger partial charge on any atom is 0.360 e. The van der Waals surface area contributed by atoms with Crippen LogP contribution in [0.15, 0.2) is 57.6 Å². The highest BCUT2D eigenvalue weighted by Gasteiger charge is 2.61. The zero-order valence-electron chi connectivity index (χ0n) is 28.3. The molecule has 3 N–H and O–H groups in total. The molecule has 49 heavy (non-hydrogen) atoms. The van der Waals surface area contributed by atoms with Gasteiger partial charge in [-0.2, -0.15) is 0 Å². The van der Waals surface area contributed by atoms with Crippen molar-refractivity contribution in [1.29, 1.82) is 0 Å². The summed E-state index contributed by atoms with van der Waals surface area (Å²) in [5.41, 5.74) is 2.00. The summed E-state index contributed by atoms with van der Waals surface area (Å²) in [7, 11) is 1.26. The van der Waals surface area contributed by atoms with E-state index in [1.54, 1.807) is 13.8 Å². The number of fused-ring (bicyclic) bond motifs is 4. The number of nitrogens with one attached hydrogen (secondary N) is 2. The first-order chi connectivity index (χ1) is 23.3. The fraction of sp³-hybridized carbons (Fsp3) is 0.432. The van der Waals surface area contributed by atoms with Gasteiger partial charge >= 0.3 is 5.97 Å². The Morgan fingerprint density at radius 1 is 1.10 bits per heavy atom. The van der Waals surface area contributed by atoms with Gasteiger partial charge in [0.05, 0.1) is 7.11 Å². The lowest BCUT2D eigenvalue weighted by Gasteiger charge is -2.31. The van der Waals surface area contributed by atoms with Gasteiger partial charge in [-0.1, -0.05) is 65.0 Å². The van der Waals surface area contributed by atoms with Crippen molar-refractivity contribution in [3.63, 3.8) is 0 Å². The number of nitrogens with zero attached hydrogens (tertiary/aromatic N) is 2. The monoisotopic (exact) mass is 668 g/mol. The molecule has 3 aliphatic heterocycles. The predicted molar refractivity (Wildman–Crippen MR) is 177 cm³/mol. The number of Topliss-reactive ketones (excluding diaryl/α,β-unsaturated/α-hetero) is 1. The van der Waals surface area contributed by atoms with Crippen LogP contribution in [0.3, 0.4) is 0 Å². The number of benzene rings is 2. The minimum atomic E-state index is -1.17. The van der Waals surface area contributed by atoms with Gasteiger partial charge in [0.25, 0.3) is 0 Å². The Morgan fingerprint density at radius 2 is 1.88 bits per heavy atom. The van der Waals surface area contributed by atoms with E-state index in [4.69, 9.17) is 23.3 Å². The topological polar surface area (TPSA) is 166 Å². The maximum absolute atomic E-state index is 14.2. The Kier molecular flexibility index (Phi) is 7.89. The van der Waals surface area contributed by atoms with Crippen LogP contribution in [0.1, 0.15) is 92.3 Å². The molecule has 4 bridgehead atoms. The van der Waals surface area contributed by atoms with Crippen molar-refractivity contribution in [2.24, 2.45) is 17.3 Å². The third-order valence-corrected chi connectivity index (χ3v) is 9.81. The minimum Gasteiger partial charge on any atom is -0.469 e. The zero-order chi connectivity index (χ0) is 34.8. The van der Waals surface area contributed by atoms with Crippen LogP contribution in [0.25, 0.3) is 11.6 Å². The zero-order valence-corrected chi connectivity index (χ0v) is 28.3. The molecule has 5 atom stereocenters. The second-order valence-electron chi connectivity index (χ2n) is 14.5. The van der Waals surface area contributed by atoms with Crippen molar-refractivity contribution in [3.05, 3.63) is 82.8 Å². The number of methoxy groups -OCH3 is 1. The van der Waals surface area contributed by atoms with Gasteiger partial charge in [-0.05, 0) is 47.4 Å². The Hall–Kier alpha value is -4.97. The highest BCUT2D eigenvalue weighted by Crippen LogP contribution is 2.59. The highest BCUT2D eigenvalue weighted by molar-refractivity contribution is 5.89. The second-order valence-corrected chi connectivity index (χ2v) is 14.5. The summed E-state index contributed by atoms with van der Waals surface area (Å²) in [6, 6.07) is 13.0. The van der Waals surface area contributed by atoms with E-state index in [-0.39, 0.29) is 47.2 Å². The van der Waals surface area contributed by atoms with Crippen LogP contribution < -0.4 is 15.4 Å². The number of ether oxygens (including phenoxy) is 2. The van der Waals surface area contributed by atoms with Gasteiger partial charge in [0.2, 0.25) is 17.7 Å². The first-order valence-electron chi connectivity index (χ1n) is 16.6. The quantitative estimate of drug-likeness (QED) is 0.227. The summed E-state index contributed by atoms with van der Waals surface area (Å²) in [5.74, 6) is -1.17. The van der Waals surface area contributed by atoms with Crippen LogP contribution in [0, 0.1) is 17.3 Å². The van der Waals surface area contributed by atoms with E-state index in [2.05, 4.69) is 21.7 Å². The van der Waals surface area contributed by atoms with Crippen LogP contribution >= 0.6 is 0 Å². The molecule has 256 valence electrons. The Morgan fingerprint density at radius 3 is 2.61 bits per heavy atom. The first kappa shape index (κ1) is 32.6. The number of rotatable bonds is 6. The Bertz CT molecular complexity index is 1950. The summed E-state index contributed by atoms with van der Waals surface area (Å²) >= 11 is 0. The molecule has 3 aliphatic rings. The number of aromatic nitrogens is 2. The molecule has 0 aliphatic carbocycles.